The van der Waals surface area contributed by atoms with Gasteiger partial charge in [0.2, 0.25) is 4.96 Å². The minimum atomic E-state index is 0.422. The third-order valence-corrected chi connectivity index (χ3v) is 6.16. The summed E-state index contributed by atoms with van der Waals surface area (Å²) in [7, 11) is 0. The lowest BCUT2D eigenvalue weighted by atomic mass is 9.99. The number of aromatic amines is 1. The third-order valence-electron chi connectivity index (χ3n) is 5.33. The first-order valence-electron chi connectivity index (χ1n) is 9.11. The van der Waals surface area contributed by atoms with Crippen molar-refractivity contribution in [2.75, 3.05) is 6.54 Å². The van der Waals surface area contributed by atoms with Crippen molar-refractivity contribution in [1.29, 1.82) is 0 Å². The predicted molar refractivity (Wildman–Crippen MR) is 100 cm³/mol. The monoisotopic (exact) mass is 358 g/mol. The van der Waals surface area contributed by atoms with Crippen molar-refractivity contribution in [1.82, 2.24) is 29.7 Å². The third kappa shape index (κ3) is 3.00. The lowest BCUT2D eigenvalue weighted by Gasteiger charge is -2.30. The number of imidazole rings is 1. The highest BCUT2D eigenvalue weighted by Gasteiger charge is 2.28. The van der Waals surface area contributed by atoms with Gasteiger partial charge >= 0.3 is 0 Å². The molecule has 1 saturated heterocycles. The second-order valence-corrected chi connectivity index (χ2v) is 8.30. The Hall–Kier alpha value is -1.73. The number of likely N-dealkylation sites (tertiary alicyclic amines) is 1. The molecule has 1 unspecified atom stereocenters. The number of aryl methyl sites for hydroxylation is 4. The number of nitrogens with one attached hydrogen (secondary N) is 1. The van der Waals surface area contributed by atoms with E-state index in [1.165, 1.54) is 42.6 Å². The molecular weight excluding hydrogens is 332 g/mol. The highest BCUT2D eigenvalue weighted by Crippen LogP contribution is 2.34. The summed E-state index contributed by atoms with van der Waals surface area (Å²) >= 11 is 1.66. The Morgan fingerprint density at radius 1 is 1.12 bits per heavy atom. The van der Waals surface area contributed by atoms with E-state index in [2.05, 4.69) is 41.0 Å². The van der Waals surface area contributed by atoms with Gasteiger partial charge in [0.25, 0.3) is 0 Å². The van der Waals surface area contributed by atoms with E-state index in [0.29, 0.717) is 6.04 Å². The van der Waals surface area contributed by atoms with E-state index in [9.17, 15) is 0 Å². The fraction of sp³-hybridized carbons (Fsp3) is 0.611. The molecule has 1 atom stereocenters. The van der Waals surface area contributed by atoms with Crippen molar-refractivity contribution in [2.45, 2.75) is 66.0 Å². The predicted octanol–water partition coefficient (Wildman–Crippen LogP) is 3.86. The van der Waals surface area contributed by atoms with Gasteiger partial charge in [0.05, 0.1) is 17.1 Å². The Bertz CT molecular complexity index is 870. The van der Waals surface area contributed by atoms with Gasteiger partial charge in [-0.3, -0.25) is 10.00 Å². The number of fused-ring (bicyclic) bond motifs is 1. The Labute approximate surface area is 152 Å². The molecule has 0 amide bonds. The molecule has 0 radical (unpaired) electrons. The molecule has 4 heterocycles. The first-order valence-corrected chi connectivity index (χ1v) is 9.93. The highest BCUT2D eigenvalue weighted by molar-refractivity contribution is 7.16. The first-order chi connectivity index (χ1) is 12.0. The molecule has 25 heavy (non-hydrogen) atoms. The van der Waals surface area contributed by atoms with E-state index in [-0.39, 0.29) is 0 Å². The summed E-state index contributed by atoms with van der Waals surface area (Å²) in [6.07, 6.45) is 5.03. The van der Waals surface area contributed by atoms with Gasteiger partial charge < -0.3 is 0 Å². The number of hydrogen-bond donors (Lipinski definition) is 1. The van der Waals surface area contributed by atoms with Crippen LogP contribution in [0, 0.1) is 27.7 Å². The summed E-state index contributed by atoms with van der Waals surface area (Å²) in [6, 6.07) is 0.422. The molecule has 0 bridgehead atoms. The summed E-state index contributed by atoms with van der Waals surface area (Å²) in [6.45, 7) is 10.4. The molecule has 3 aromatic heterocycles. The van der Waals surface area contributed by atoms with Crippen LogP contribution in [0.5, 0.6) is 0 Å². The van der Waals surface area contributed by atoms with Crippen LogP contribution in [0.3, 0.4) is 0 Å². The standard InChI is InChI=1S/C18H26N6S/c1-11-16(24-18(19-11)25-14(4)22-24)10-23-9-7-5-6-8-15(23)17-12(2)20-21-13(17)3/h15H,5-10H2,1-4H3,(H,20,21). The van der Waals surface area contributed by atoms with Crippen molar-refractivity contribution >= 4 is 16.3 Å². The molecule has 0 aliphatic carbocycles. The lowest BCUT2D eigenvalue weighted by molar-refractivity contribution is 0.187. The van der Waals surface area contributed by atoms with E-state index in [1.807, 2.05) is 11.4 Å². The normalized spacial score (nSPS) is 19.6. The Morgan fingerprint density at radius 3 is 2.72 bits per heavy atom. The number of H-pyrrole nitrogens is 1. The minimum absolute atomic E-state index is 0.422. The molecule has 0 saturated carbocycles. The van der Waals surface area contributed by atoms with Gasteiger partial charge in [0, 0.05) is 23.8 Å². The lowest BCUT2D eigenvalue weighted by Crippen LogP contribution is -2.29. The molecule has 4 rings (SSSR count). The maximum absolute atomic E-state index is 4.72. The van der Waals surface area contributed by atoms with Gasteiger partial charge in [-0.2, -0.15) is 10.2 Å². The smallest absolute Gasteiger partial charge is 0.212 e. The summed E-state index contributed by atoms with van der Waals surface area (Å²) in [5, 5.41) is 13.4. The molecule has 1 aliphatic heterocycles. The van der Waals surface area contributed by atoms with Crippen LogP contribution in [0.4, 0.5) is 0 Å². The average Bonchev–Trinajstić information content (AvgIpc) is 3.09. The summed E-state index contributed by atoms with van der Waals surface area (Å²) < 4.78 is 2.05. The second kappa shape index (κ2) is 6.53. The maximum Gasteiger partial charge on any atom is 0.212 e. The zero-order chi connectivity index (χ0) is 17.6. The first kappa shape index (κ1) is 16.7. The summed E-state index contributed by atoms with van der Waals surface area (Å²) in [5.74, 6) is 0. The van der Waals surface area contributed by atoms with Crippen LogP contribution in [-0.2, 0) is 6.54 Å². The molecule has 1 fully saturated rings. The zero-order valence-electron chi connectivity index (χ0n) is 15.5. The number of rotatable bonds is 3. The molecule has 0 aromatic carbocycles. The van der Waals surface area contributed by atoms with E-state index >= 15 is 0 Å². The molecule has 134 valence electrons. The van der Waals surface area contributed by atoms with Crippen molar-refractivity contribution < 1.29 is 0 Å². The molecule has 1 aliphatic rings. The Kier molecular flexibility index (Phi) is 4.37. The minimum Gasteiger partial charge on any atom is -0.290 e. The Morgan fingerprint density at radius 2 is 1.96 bits per heavy atom. The fourth-order valence-electron chi connectivity index (χ4n) is 4.09. The van der Waals surface area contributed by atoms with Gasteiger partial charge in [0.15, 0.2) is 0 Å². The average molecular weight is 359 g/mol. The molecule has 3 aromatic rings. The van der Waals surface area contributed by atoms with E-state index < -0.39 is 0 Å². The van der Waals surface area contributed by atoms with E-state index in [0.717, 1.165) is 34.4 Å². The number of nitrogens with zero attached hydrogens (tertiary/aromatic N) is 5. The SMILES string of the molecule is Cc1nn2c(CN3CCCCCC3c3c(C)n[nH]c3C)c(C)nc2s1. The van der Waals surface area contributed by atoms with Gasteiger partial charge in [-0.05, 0) is 47.1 Å². The van der Waals surface area contributed by atoms with Gasteiger partial charge in [0.1, 0.15) is 5.01 Å². The maximum atomic E-state index is 4.72. The van der Waals surface area contributed by atoms with E-state index in [1.54, 1.807) is 11.3 Å². The van der Waals surface area contributed by atoms with Crippen LogP contribution in [0.1, 0.15) is 65.1 Å². The number of aromatic nitrogens is 5. The largest absolute Gasteiger partial charge is 0.290 e. The van der Waals surface area contributed by atoms with Crippen LogP contribution in [0.15, 0.2) is 0 Å². The molecule has 6 nitrogen and oxygen atoms in total. The van der Waals surface area contributed by atoms with Crippen molar-refractivity contribution in [3.63, 3.8) is 0 Å². The van der Waals surface area contributed by atoms with Crippen LogP contribution in [0.25, 0.3) is 4.96 Å². The van der Waals surface area contributed by atoms with Gasteiger partial charge in [-0.15, -0.1) is 0 Å². The fourth-order valence-corrected chi connectivity index (χ4v) is 4.90. The number of hydrogen-bond acceptors (Lipinski definition) is 5. The molecule has 1 N–H and O–H groups in total. The van der Waals surface area contributed by atoms with Crippen molar-refractivity contribution in [3.05, 3.63) is 33.3 Å². The molecule has 7 heteroatoms. The molecular formula is C18H26N6S. The van der Waals surface area contributed by atoms with Crippen LogP contribution in [-0.4, -0.2) is 36.2 Å². The van der Waals surface area contributed by atoms with Crippen LogP contribution in [0.2, 0.25) is 0 Å². The zero-order valence-corrected chi connectivity index (χ0v) is 16.3. The van der Waals surface area contributed by atoms with Crippen LogP contribution >= 0.6 is 11.3 Å². The Balaban J connectivity index is 1.71. The van der Waals surface area contributed by atoms with Crippen molar-refractivity contribution in [3.8, 4) is 0 Å². The topological polar surface area (TPSA) is 62.1 Å². The van der Waals surface area contributed by atoms with Crippen molar-refractivity contribution in [2.24, 2.45) is 0 Å². The summed E-state index contributed by atoms with van der Waals surface area (Å²) in [5.41, 5.74) is 6.05. The second-order valence-electron chi connectivity index (χ2n) is 7.14. The molecule has 0 spiro atoms. The van der Waals surface area contributed by atoms with E-state index in [4.69, 9.17) is 4.98 Å². The highest BCUT2D eigenvalue weighted by atomic mass is 32.1. The van der Waals surface area contributed by atoms with Gasteiger partial charge in [-0.25, -0.2) is 9.50 Å². The summed E-state index contributed by atoms with van der Waals surface area (Å²) in [4.78, 5) is 8.34. The van der Waals surface area contributed by atoms with Crippen LogP contribution < -0.4 is 0 Å². The van der Waals surface area contributed by atoms with Gasteiger partial charge in [-0.1, -0.05) is 24.2 Å². The quantitative estimate of drug-likeness (QED) is 0.772.